The van der Waals surface area contributed by atoms with Crippen LogP contribution >= 0.6 is 0 Å². The van der Waals surface area contributed by atoms with Crippen LogP contribution in [0.3, 0.4) is 0 Å². The fraction of sp³-hybridized carbons (Fsp3) is 0.440. The van der Waals surface area contributed by atoms with Gasteiger partial charge in [-0.2, -0.15) is 0 Å². The summed E-state index contributed by atoms with van der Waals surface area (Å²) in [5.41, 5.74) is 5.37. The number of rotatable bonds is 8. The lowest BCUT2D eigenvalue weighted by Gasteiger charge is -2.22. The summed E-state index contributed by atoms with van der Waals surface area (Å²) in [4.78, 5) is 0. The molecule has 2 aromatic rings. The monoisotopic (exact) mass is 377 g/mol. The molecular weight excluding hydrogens is 346 g/mol. The second kappa shape index (κ2) is 8.40. The van der Waals surface area contributed by atoms with Crippen molar-refractivity contribution >= 4 is 5.57 Å². The summed E-state index contributed by atoms with van der Waals surface area (Å²) in [5.74, 6) is 1.80. The van der Waals surface area contributed by atoms with Crippen molar-refractivity contribution in [3.63, 3.8) is 0 Å². The predicted molar refractivity (Wildman–Crippen MR) is 115 cm³/mol. The highest BCUT2D eigenvalue weighted by atomic mass is 16.5. The van der Waals surface area contributed by atoms with Crippen molar-refractivity contribution in [2.75, 3.05) is 13.2 Å². The Morgan fingerprint density at radius 3 is 2.89 bits per heavy atom. The van der Waals surface area contributed by atoms with Gasteiger partial charge in [-0.3, -0.25) is 0 Å². The van der Waals surface area contributed by atoms with Crippen LogP contribution in [0.1, 0.15) is 56.2 Å². The van der Waals surface area contributed by atoms with E-state index < -0.39 is 0 Å². The molecule has 0 amide bonds. The minimum atomic E-state index is -0.0974. The first kappa shape index (κ1) is 19.1. The molecule has 1 heterocycles. The van der Waals surface area contributed by atoms with Crippen LogP contribution in [0.4, 0.5) is 0 Å². The van der Waals surface area contributed by atoms with Gasteiger partial charge in [0.05, 0.1) is 0 Å². The molecule has 4 rings (SSSR count). The average Bonchev–Trinajstić information content (AvgIpc) is 3.36. The van der Waals surface area contributed by atoms with Crippen LogP contribution in [0.5, 0.6) is 11.5 Å². The highest BCUT2D eigenvalue weighted by Crippen LogP contribution is 2.43. The second-order valence-electron chi connectivity index (χ2n) is 8.17. The molecule has 3 nitrogen and oxygen atoms in total. The van der Waals surface area contributed by atoms with E-state index in [-0.39, 0.29) is 5.60 Å². The van der Waals surface area contributed by atoms with Crippen LogP contribution in [-0.4, -0.2) is 18.8 Å². The van der Waals surface area contributed by atoms with E-state index in [0.29, 0.717) is 6.61 Å². The van der Waals surface area contributed by atoms with E-state index in [1.807, 2.05) is 6.07 Å². The molecule has 148 valence electrons. The maximum Gasteiger partial charge on any atom is 0.165 e. The molecule has 0 spiro atoms. The lowest BCUT2D eigenvalue weighted by molar-refractivity contribution is 0.107. The highest BCUT2D eigenvalue weighted by Gasteiger charge is 2.34. The van der Waals surface area contributed by atoms with E-state index in [0.717, 1.165) is 37.4 Å². The summed E-state index contributed by atoms with van der Waals surface area (Å²) >= 11 is 0. The van der Waals surface area contributed by atoms with Gasteiger partial charge in [0, 0.05) is 25.1 Å². The van der Waals surface area contributed by atoms with Crippen LogP contribution in [0.2, 0.25) is 0 Å². The Bertz CT molecular complexity index is 857. The summed E-state index contributed by atoms with van der Waals surface area (Å²) in [6.07, 6.45) is 8.06. The Hall–Kier alpha value is -2.26. The lowest BCUT2D eigenvalue weighted by Crippen LogP contribution is -2.28. The van der Waals surface area contributed by atoms with Crippen molar-refractivity contribution < 1.29 is 9.47 Å². The quantitative estimate of drug-likeness (QED) is 0.614. The molecule has 0 bridgehead atoms. The maximum atomic E-state index is 6.21. The van der Waals surface area contributed by atoms with Gasteiger partial charge in [-0.25, -0.2) is 0 Å². The van der Waals surface area contributed by atoms with Crippen LogP contribution in [0.25, 0.3) is 5.57 Å². The van der Waals surface area contributed by atoms with Crippen molar-refractivity contribution in [3.8, 4) is 11.5 Å². The highest BCUT2D eigenvalue weighted by molar-refractivity contribution is 5.67. The SMILES string of the molecule is CCC1(C)Cc2cccc(OCCNCc3cccc(C4=CCCC4)c3)c2O1. The first-order valence-corrected chi connectivity index (χ1v) is 10.6. The molecule has 0 radical (unpaired) electrons. The van der Waals surface area contributed by atoms with Crippen LogP contribution in [0.15, 0.2) is 48.5 Å². The topological polar surface area (TPSA) is 30.5 Å². The smallest absolute Gasteiger partial charge is 0.165 e. The third kappa shape index (κ3) is 4.25. The summed E-state index contributed by atoms with van der Waals surface area (Å²) in [6, 6.07) is 15.1. The zero-order valence-corrected chi connectivity index (χ0v) is 17.1. The van der Waals surface area contributed by atoms with E-state index in [1.54, 1.807) is 0 Å². The normalized spacial score (nSPS) is 20.6. The first-order valence-electron chi connectivity index (χ1n) is 10.6. The van der Waals surface area contributed by atoms with Gasteiger partial charge in [0.1, 0.15) is 12.2 Å². The number of para-hydroxylation sites is 1. The molecule has 1 atom stereocenters. The molecule has 1 aliphatic heterocycles. The predicted octanol–water partition coefficient (Wildman–Crippen LogP) is 5.53. The third-order valence-corrected chi connectivity index (χ3v) is 5.93. The number of hydrogen-bond acceptors (Lipinski definition) is 3. The van der Waals surface area contributed by atoms with Crippen LogP contribution in [-0.2, 0) is 13.0 Å². The van der Waals surface area contributed by atoms with Gasteiger partial charge in [-0.15, -0.1) is 0 Å². The average molecular weight is 378 g/mol. The van der Waals surface area contributed by atoms with Gasteiger partial charge in [-0.1, -0.05) is 49.4 Å². The van der Waals surface area contributed by atoms with E-state index in [2.05, 4.69) is 61.6 Å². The molecule has 1 N–H and O–H groups in total. The fourth-order valence-corrected chi connectivity index (χ4v) is 4.09. The summed E-state index contributed by atoms with van der Waals surface area (Å²) in [6.45, 7) is 6.65. The zero-order valence-electron chi connectivity index (χ0n) is 17.1. The molecule has 1 aliphatic carbocycles. The Morgan fingerprint density at radius 2 is 2.07 bits per heavy atom. The Kier molecular flexibility index (Phi) is 5.72. The van der Waals surface area contributed by atoms with E-state index in [1.165, 1.54) is 41.5 Å². The van der Waals surface area contributed by atoms with Crippen molar-refractivity contribution in [2.24, 2.45) is 0 Å². The van der Waals surface area contributed by atoms with Gasteiger partial charge < -0.3 is 14.8 Å². The molecular formula is C25H31NO2. The molecule has 3 heteroatoms. The van der Waals surface area contributed by atoms with Gasteiger partial charge in [0.15, 0.2) is 11.5 Å². The minimum Gasteiger partial charge on any atom is -0.488 e. The Morgan fingerprint density at radius 1 is 1.18 bits per heavy atom. The summed E-state index contributed by atoms with van der Waals surface area (Å²) in [7, 11) is 0. The number of nitrogens with one attached hydrogen (secondary N) is 1. The van der Waals surface area contributed by atoms with Gasteiger partial charge >= 0.3 is 0 Å². The summed E-state index contributed by atoms with van der Waals surface area (Å²) in [5, 5.41) is 3.50. The van der Waals surface area contributed by atoms with Crippen molar-refractivity contribution in [3.05, 3.63) is 65.2 Å². The lowest BCUT2D eigenvalue weighted by atomic mass is 9.97. The van der Waals surface area contributed by atoms with Gasteiger partial charge in [-0.05, 0) is 55.4 Å². The zero-order chi connectivity index (χ0) is 19.4. The molecule has 2 aliphatic rings. The molecule has 2 aromatic carbocycles. The molecule has 1 unspecified atom stereocenters. The van der Waals surface area contributed by atoms with Crippen LogP contribution < -0.4 is 14.8 Å². The maximum absolute atomic E-state index is 6.21. The summed E-state index contributed by atoms with van der Waals surface area (Å²) < 4.78 is 12.2. The third-order valence-electron chi connectivity index (χ3n) is 5.93. The fourth-order valence-electron chi connectivity index (χ4n) is 4.09. The van der Waals surface area contributed by atoms with E-state index in [9.17, 15) is 0 Å². The number of hydrogen-bond donors (Lipinski definition) is 1. The standard InChI is InChI=1S/C25H31NO2/c1-3-25(2)17-22-12-7-13-23(24(22)28-25)27-15-14-26-18-19-8-6-11-21(16-19)20-9-4-5-10-20/h6-9,11-13,16,26H,3-5,10,14-15,17-18H2,1-2H3. The molecule has 0 saturated carbocycles. The second-order valence-corrected chi connectivity index (χ2v) is 8.17. The number of benzene rings is 2. The molecule has 28 heavy (non-hydrogen) atoms. The number of ether oxygens (including phenoxy) is 2. The van der Waals surface area contributed by atoms with Crippen LogP contribution in [0, 0.1) is 0 Å². The first-order chi connectivity index (χ1) is 13.7. The number of allylic oxidation sites excluding steroid dienone is 2. The van der Waals surface area contributed by atoms with Crippen molar-refractivity contribution in [1.29, 1.82) is 0 Å². The Labute approximate surface area is 168 Å². The molecule has 0 saturated heterocycles. The van der Waals surface area contributed by atoms with Crippen molar-refractivity contribution in [2.45, 2.75) is 58.1 Å². The van der Waals surface area contributed by atoms with E-state index >= 15 is 0 Å². The van der Waals surface area contributed by atoms with Gasteiger partial charge in [0.25, 0.3) is 0 Å². The largest absolute Gasteiger partial charge is 0.488 e. The van der Waals surface area contributed by atoms with Gasteiger partial charge in [0.2, 0.25) is 0 Å². The minimum absolute atomic E-state index is 0.0974. The Balaban J connectivity index is 1.27. The molecule has 0 aromatic heterocycles. The van der Waals surface area contributed by atoms with Crippen molar-refractivity contribution in [1.82, 2.24) is 5.32 Å². The van der Waals surface area contributed by atoms with E-state index in [4.69, 9.17) is 9.47 Å². The molecule has 0 fully saturated rings. The number of fused-ring (bicyclic) bond motifs is 1.